The molecule has 7 nitrogen and oxygen atoms in total. The molecule has 4 aromatic rings. The summed E-state index contributed by atoms with van der Waals surface area (Å²) >= 11 is 9.81. The van der Waals surface area contributed by atoms with E-state index in [1.807, 2.05) is 35.1 Å². The number of anilines is 2. The van der Waals surface area contributed by atoms with Crippen LogP contribution in [0, 0.1) is 16.7 Å². The van der Waals surface area contributed by atoms with E-state index in [0.29, 0.717) is 45.8 Å². The van der Waals surface area contributed by atoms with E-state index in [-0.39, 0.29) is 5.41 Å². The predicted octanol–water partition coefficient (Wildman–Crippen LogP) is 7.11. The third-order valence-corrected chi connectivity index (χ3v) is 6.79. The Morgan fingerprint density at radius 2 is 2.03 bits per heavy atom. The second-order valence-corrected chi connectivity index (χ2v) is 11.5. The zero-order valence-electron chi connectivity index (χ0n) is 21.3. The van der Waals surface area contributed by atoms with Crippen molar-refractivity contribution in [1.29, 1.82) is 5.26 Å². The number of pyridine rings is 1. The Kier molecular flexibility index (Phi) is 6.28. The van der Waals surface area contributed by atoms with Gasteiger partial charge in [0.15, 0.2) is 0 Å². The summed E-state index contributed by atoms with van der Waals surface area (Å²) in [7, 11) is 0. The predicted molar refractivity (Wildman–Crippen MR) is 147 cm³/mol. The van der Waals surface area contributed by atoms with E-state index >= 15 is 0 Å². The fourth-order valence-electron chi connectivity index (χ4n) is 3.91. The molecule has 2 N–H and O–H groups in total. The van der Waals surface area contributed by atoms with Gasteiger partial charge in [0.1, 0.15) is 11.8 Å². The summed E-state index contributed by atoms with van der Waals surface area (Å²) in [5, 5.41) is 26.7. The van der Waals surface area contributed by atoms with Gasteiger partial charge in [-0.2, -0.15) is 5.26 Å². The van der Waals surface area contributed by atoms with Gasteiger partial charge in [-0.1, -0.05) is 49.7 Å². The van der Waals surface area contributed by atoms with Crippen molar-refractivity contribution in [3.05, 3.63) is 75.1 Å². The lowest BCUT2D eigenvalue weighted by Crippen LogP contribution is -2.20. The molecule has 5 rings (SSSR count). The van der Waals surface area contributed by atoms with Gasteiger partial charge in [-0.15, -0.1) is 5.10 Å². The zero-order chi connectivity index (χ0) is 26.4. The number of hydrogen-bond donors (Lipinski definition) is 2. The monoisotopic (exact) mass is 564 g/mol. The van der Waals surface area contributed by atoms with Crippen molar-refractivity contribution in [3.8, 4) is 6.07 Å². The van der Waals surface area contributed by atoms with Crippen molar-refractivity contribution in [2.24, 2.45) is 5.41 Å². The summed E-state index contributed by atoms with van der Waals surface area (Å²) < 4.78 is 12.2. The van der Waals surface area contributed by atoms with Crippen LogP contribution in [0.15, 0.2) is 53.3 Å². The highest BCUT2D eigenvalue weighted by molar-refractivity contribution is 9.10. The molecule has 1 aliphatic carbocycles. The number of rotatable bonds is 7. The summed E-state index contributed by atoms with van der Waals surface area (Å²) in [6, 6.07) is 12.1. The molecule has 0 radical (unpaired) electrons. The van der Waals surface area contributed by atoms with Crippen molar-refractivity contribution in [3.63, 3.8) is 0 Å². The molecular weight excluding hydrogens is 538 g/mol. The SMILES string of the molecule is [2H]C(Nc1cc(Br)c2ncc(C#N)c(NCC(C)(C)C)c2c1)(c1ccc(Cl)cc1)c1cn(C2CC2)nn1. The molecule has 1 unspecified atom stereocenters. The maximum absolute atomic E-state index is 9.79. The largest absolute Gasteiger partial charge is 0.383 e. The first-order valence-electron chi connectivity index (χ1n) is 12.3. The van der Waals surface area contributed by atoms with Crippen LogP contribution in [0.4, 0.5) is 11.4 Å². The highest BCUT2D eigenvalue weighted by Gasteiger charge is 2.27. The van der Waals surface area contributed by atoms with Gasteiger partial charge in [-0.25, -0.2) is 4.68 Å². The van der Waals surface area contributed by atoms with Crippen LogP contribution in [0.5, 0.6) is 0 Å². The summed E-state index contributed by atoms with van der Waals surface area (Å²) in [5.74, 6) is 0. The molecule has 184 valence electrons. The van der Waals surface area contributed by atoms with E-state index in [4.69, 9.17) is 11.6 Å². The lowest BCUT2D eigenvalue weighted by molar-refractivity contribution is 0.443. The van der Waals surface area contributed by atoms with Gasteiger partial charge in [0.05, 0.1) is 36.4 Å². The minimum Gasteiger partial charge on any atom is -0.383 e. The second-order valence-electron chi connectivity index (χ2n) is 10.2. The van der Waals surface area contributed by atoms with Crippen LogP contribution in [0.25, 0.3) is 10.9 Å². The molecule has 0 bridgehead atoms. The first-order valence-corrected chi connectivity index (χ1v) is 13.0. The van der Waals surface area contributed by atoms with E-state index in [2.05, 4.69) is 68.7 Å². The fraction of sp³-hybridized carbons (Fsp3) is 0.333. The average Bonchev–Trinajstić information content (AvgIpc) is 3.58. The molecule has 1 atom stereocenters. The van der Waals surface area contributed by atoms with Gasteiger partial charge in [0, 0.05) is 33.3 Å². The normalized spacial score (nSPS) is 15.7. The zero-order valence-corrected chi connectivity index (χ0v) is 22.7. The molecule has 2 aromatic carbocycles. The highest BCUT2D eigenvalue weighted by Crippen LogP contribution is 2.37. The molecule has 1 saturated carbocycles. The number of nitriles is 1. The lowest BCUT2D eigenvalue weighted by atomic mass is 9.96. The number of aromatic nitrogens is 4. The number of benzene rings is 2. The van der Waals surface area contributed by atoms with Crippen molar-refractivity contribution in [2.75, 3.05) is 17.2 Å². The van der Waals surface area contributed by atoms with Gasteiger partial charge in [0.25, 0.3) is 0 Å². The Morgan fingerprint density at radius 1 is 1.28 bits per heavy atom. The maximum atomic E-state index is 9.79. The molecule has 1 fully saturated rings. The molecular formula is C27H27BrClN7. The lowest BCUT2D eigenvalue weighted by Gasteiger charge is -2.22. The average molecular weight is 566 g/mol. The van der Waals surface area contributed by atoms with E-state index in [9.17, 15) is 6.63 Å². The van der Waals surface area contributed by atoms with Crippen molar-refractivity contribution in [2.45, 2.75) is 45.7 Å². The number of nitrogens with one attached hydrogen (secondary N) is 2. The van der Waals surface area contributed by atoms with Crippen LogP contribution in [0.2, 0.25) is 5.02 Å². The van der Waals surface area contributed by atoms with Crippen molar-refractivity contribution < 1.29 is 1.37 Å². The molecule has 2 heterocycles. The van der Waals surface area contributed by atoms with E-state index < -0.39 is 6.02 Å². The van der Waals surface area contributed by atoms with Crippen LogP contribution in [-0.2, 0) is 0 Å². The molecule has 9 heteroatoms. The Labute approximate surface area is 225 Å². The quantitative estimate of drug-likeness (QED) is 0.248. The fourth-order valence-corrected chi connectivity index (χ4v) is 4.60. The molecule has 0 saturated heterocycles. The number of nitrogens with zero attached hydrogens (tertiary/aromatic N) is 5. The van der Waals surface area contributed by atoms with Crippen molar-refractivity contribution in [1.82, 2.24) is 20.0 Å². The van der Waals surface area contributed by atoms with Gasteiger partial charge in [-0.05, 0) is 64.0 Å². The summed E-state index contributed by atoms with van der Waals surface area (Å²) in [5.41, 5.74) is 3.73. The third-order valence-electron chi connectivity index (χ3n) is 5.93. The van der Waals surface area contributed by atoms with Crippen molar-refractivity contribution >= 4 is 49.8 Å². The van der Waals surface area contributed by atoms with Crippen LogP contribution < -0.4 is 10.6 Å². The van der Waals surface area contributed by atoms with Crippen LogP contribution in [0.1, 0.15) is 63.9 Å². The molecule has 1 aliphatic rings. The van der Waals surface area contributed by atoms with Gasteiger partial charge < -0.3 is 10.6 Å². The van der Waals surface area contributed by atoms with E-state index in [1.165, 1.54) is 0 Å². The molecule has 0 aliphatic heterocycles. The van der Waals surface area contributed by atoms with Gasteiger partial charge in [-0.3, -0.25) is 4.98 Å². The number of hydrogen-bond acceptors (Lipinski definition) is 6. The highest BCUT2D eigenvalue weighted by atomic mass is 79.9. The van der Waals surface area contributed by atoms with Crippen LogP contribution in [0.3, 0.4) is 0 Å². The minimum atomic E-state index is -1.44. The topological polar surface area (TPSA) is 91.5 Å². The minimum absolute atomic E-state index is 0.00765. The van der Waals surface area contributed by atoms with Crippen LogP contribution >= 0.6 is 27.5 Å². The second kappa shape index (κ2) is 9.72. The van der Waals surface area contributed by atoms with Gasteiger partial charge in [0.2, 0.25) is 0 Å². The van der Waals surface area contributed by atoms with E-state index in [0.717, 1.165) is 28.2 Å². The maximum Gasteiger partial charge on any atom is 0.109 e. The Balaban J connectivity index is 1.62. The Hall–Kier alpha value is -3.15. The summed E-state index contributed by atoms with van der Waals surface area (Å²) in [6.07, 6.45) is 5.56. The molecule has 0 amide bonds. The third kappa shape index (κ3) is 5.32. The Bertz CT molecular complexity index is 1500. The smallest absolute Gasteiger partial charge is 0.109 e. The van der Waals surface area contributed by atoms with E-state index in [1.54, 1.807) is 18.3 Å². The standard InChI is InChI=1S/C27H27BrClN7/c1-27(2,3)15-32-24-17(12-30)13-31-26-21(24)10-19(11-22(26)28)33-25(16-4-6-18(29)7-5-16)23-14-36(35-34-23)20-8-9-20/h4-7,10-11,13-14,20,25,33H,8-9,15H2,1-3H3,(H,31,32)/i25D. The van der Waals surface area contributed by atoms with Gasteiger partial charge >= 0.3 is 0 Å². The van der Waals surface area contributed by atoms with Crippen LogP contribution in [-0.4, -0.2) is 26.5 Å². The first kappa shape index (κ1) is 23.3. The number of halogens is 2. The molecule has 36 heavy (non-hydrogen) atoms. The number of fused-ring (bicyclic) bond motifs is 1. The summed E-state index contributed by atoms with van der Waals surface area (Å²) in [4.78, 5) is 4.53. The summed E-state index contributed by atoms with van der Waals surface area (Å²) in [6.45, 7) is 7.07. The molecule has 2 aromatic heterocycles. The first-order chi connectivity index (χ1) is 17.6. The Morgan fingerprint density at radius 3 is 2.69 bits per heavy atom. The molecule has 0 spiro atoms.